The maximum absolute atomic E-state index is 6.11. The number of nitrogens with two attached hydrogens (primary N) is 1. The van der Waals surface area contributed by atoms with E-state index in [1.54, 1.807) is 10.8 Å². The number of rotatable bonds is 4. The zero-order valence-electron chi connectivity index (χ0n) is 14.6. The second-order valence-electron chi connectivity index (χ2n) is 6.84. The fourth-order valence-corrected chi connectivity index (χ4v) is 3.25. The van der Waals surface area contributed by atoms with Gasteiger partial charge in [0.25, 0.3) is 0 Å². The number of hydrogen-bond acceptors (Lipinski definition) is 7. The molecule has 8 nitrogen and oxygen atoms in total. The molecule has 1 aliphatic heterocycles. The Labute approximate surface area is 146 Å². The van der Waals surface area contributed by atoms with Crippen molar-refractivity contribution in [2.45, 2.75) is 13.8 Å². The monoisotopic (exact) mass is 341 g/mol. The van der Waals surface area contributed by atoms with Crippen molar-refractivity contribution in [3.05, 3.63) is 24.5 Å². The summed E-state index contributed by atoms with van der Waals surface area (Å²) in [6.45, 7) is 9.60. The molecule has 1 saturated heterocycles. The molecule has 1 aliphatic rings. The third-order valence-corrected chi connectivity index (χ3v) is 4.40. The number of nitrogen functional groups attached to an aromatic ring is 1. The molecule has 0 unspecified atom stereocenters. The minimum atomic E-state index is 0.336. The lowest BCUT2D eigenvalue weighted by Gasteiger charge is -2.36. The minimum Gasteiger partial charge on any atom is -0.461 e. The van der Waals surface area contributed by atoms with E-state index in [2.05, 4.69) is 38.7 Å². The summed E-state index contributed by atoms with van der Waals surface area (Å²) in [4.78, 5) is 13.8. The average molecular weight is 341 g/mol. The van der Waals surface area contributed by atoms with Gasteiger partial charge in [-0.1, -0.05) is 13.8 Å². The standard InChI is InChI=1S/C17H23N7O/c1-12(2)11-22-5-7-23(8-6-22)14-10-15-19-16(13-4-3-9-25-13)21-24(15)17(18)20-14/h3-4,9-10,12H,5-8,11H2,1-2H3,(H2,18,20). The Balaban J connectivity index is 1.57. The number of fused-ring (bicyclic) bond motifs is 1. The van der Waals surface area contributed by atoms with Crippen LogP contribution in [0.5, 0.6) is 0 Å². The highest BCUT2D eigenvalue weighted by Crippen LogP contribution is 2.22. The Hall–Kier alpha value is -2.61. The topological polar surface area (TPSA) is 88.7 Å². The fourth-order valence-electron chi connectivity index (χ4n) is 3.25. The Morgan fingerprint density at radius 1 is 1.20 bits per heavy atom. The van der Waals surface area contributed by atoms with Crippen LogP contribution < -0.4 is 10.6 Å². The van der Waals surface area contributed by atoms with Crippen molar-refractivity contribution in [3.8, 4) is 11.6 Å². The summed E-state index contributed by atoms with van der Waals surface area (Å²) < 4.78 is 6.92. The zero-order valence-corrected chi connectivity index (χ0v) is 14.6. The summed E-state index contributed by atoms with van der Waals surface area (Å²) in [5.74, 6) is 3.01. The summed E-state index contributed by atoms with van der Waals surface area (Å²) >= 11 is 0. The van der Waals surface area contributed by atoms with E-state index in [-0.39, 0.29) is 0 Å². The molecule has 0 spiro atoms. The van der Waals surface area contributed by atoms with Gasteiger partial charge in [0.15, 0.2) is 11.4 Å². The van der Waals surface area contributed by atoms with Crippen LogP contribution in [0.25, 0.3) is 17.2 Å². The van der Waals surface area contributed by atoms with Gasteiger partial charge in [0.05, 0.1) is 6.26 Å². The highest BCUT2D eigenvalue weighted by molar-refractivity contribution is 5.59. The Morgan fingerprint density at radius 2 is 2.00 bits per heavy atom. The lowest BCUT2D eigenvalue weighted by molar-refractivity contribution is 0.231. The molecule has 3 aromatic rings. The molecule has 0 radical (unpaired) electrons. The summed E-state index contributed by atoms with van der Waals surface area (Å²) in [6, 6.07) is 5.58. The number of piperazine rings is 1. The van der Waals surface area contributed by atoms with Crippen LogP contribution in [0.15, 0.2) is 28.9 Å². The molecular weight excluding hydrogens is 318 g/mol. The van der Waals surface area contributed by atoms with Crippen molar-refractivity contribution < 1.29 is 4.42 Å². The van der Waals surface area contributed by atoms with Gasteiger partial charge < -0.3 is 15.1 Å². The van der Waals surface area contributed by atoms with Crippen molar-refractivity contribution in [3.63, 3.8) is 0 Å². The molecule has 4 rings (SSSR count). The average Bonchev–Trinajstić information content (AvgIpc) is 3.24. The molecule has 1 fully saturated rings. The van der Waals surface area contributed by atoms with Gasteiger partial charge in [-0.2, -0.15) is 9.50 Å². The third kappa shape index (κ3) is 3.17. The summed E-state index contributed by atoms with van der Waals surface area (Å²) in [5.41, 5.74) is 6.78. The van der Waals surface area contributed by atoms with Gasteiger partial charge in [0, 0.05) is 38.8 Å². The van der Waals surface area contributed by atoms with E-state index in [4.69, 9.17) is 10.2 Å². The smallest absolute Gasteiger partial charge is 0.225 e. The van der Waals surface area contributed by atoms with Crippen LogP contribution in [0.4, 0.5) is 11.8 Å². The van der Waals surface area contributed by atoms with Crippen LogP contribution >= 0.6 is 0 Å². The number of furan rings is 1. The van der Waals surface area contributed by atoms with Crippen molar-refractivity contribution >= 4 is 17.4 Å². The normalized spacial score (nSPS) is 16.2. The molecule has 0 atom stereocenters. The van der Waals surface area contributed by atoms with E-state index in [1.165, 1.54) is 0 Å². The van der Waals surface area contributed by atoms with E-state index in [1.807, 2.05) is 18.2 Å². The first kappa shape index (κ1) is 15.9. The highest BCUT2D eigenvalue weighted by Gasteiger charge is 2.20. The summed E-state index contributed by atoms with van der Waals surface area (Å²) in [7, 11) is 0. The molecule has 4 heterocycles. The fraction of sp³-hybridized carbons (Fsp3) is 0.471. The molecule has 25 heavy (non-hydrogen) atoms. The van der Waals surface area contributed by atoms with Gasteiger partial charge in [-0.15, -0.1) is 5.10 Å². The number of anilines is 2. The molecular formula is C17H23N7O. The summed E-state index contributed by atoms with van der Waals surface area (Å²) in [6.07, 6.45) is 1.60. The number of aromatic nitrogens is 4. The van der Waals surface area contributed by atoms with Crippen LogP contribution in [0.1, 0.15) is 13.8 Å². The van der Waals surface area contributed by atoms with Crippen LogP contribution in [0, 0.1) is 5.92 Å². The van der Waals surface area contributed by atoms with Gasteiger partial charge in [0.2, 0.25) is 11.8 Å². The van der Waals surface area contributed by atoms with Crippen molar-refractivity contribution in [1.82, 2.24) is 24.5 Å². The molecule has 132 valence electrons. The zero-order chi connectivity index (χ0) is 17.4. The van der Waals surface area contributed by atoms with Crippen LogP contribution in [0.2, 0.25) is 0 Å². The molecule has 3 aromatic heterocycles. The van der Waals surface area contributed by atoms with Crippen LogP contribution in [0.3, 0.4) is 0 Å². The second-order valence-corrected chi connectivity index (χ2v) is 6.84. The first-order valence-corrected chi connectivity index (χ1v) is 8.64. The van der Waals surface area contributed by atoms with Crippen molar-refractivity contribution in [2.75, 3.05) is 43.4 Å². The third-order valence-electron chi connectivity index (χ3n) is 4.40. The molecule has 0 bridgehead atoms. The van der Waals surface area contributed by atoms with Gasteiger partial charge in [-0.05, 0) is 18.1 Å². The Kier molecular flexibility index (Phi) is 4.04. The van der Waals surface area contributed by atoms with Gasteiger partial charge in [0.1, 0.15) is 5.82 Å². The lowest BCUT2D eigenvalue weighted by Crippen LogP contribution is -2.47. The second kappa shape index (κ2) is 6.36. The first-order valence-electron chi connectivity index (χ1n) is 8.64. The van der Waals surface area contributed by atoms with Gasteiger partial charge in [-0.3, -0.25) is 4.90 Å². The number of nitrogens with zero attached hydrogens (tertiary/aromatic N) is 6. The van der Waals surface area contributed by atoms with E-state index >= 15 is 0 Å². The quantitative estimate of drug-likeness (QED) is 0.773. The maximum Gasteiger partial charge on any atom is 0.225 e. The lowest BCUT2D eigenvalue weighted by atomic mass is 10.2. The van der Waals surface area contributed by atoms with E-state index in [9.17, 15) is 0 Å². The van der Waals surface area contributed by atoms with Crippen molar-refractivity contribution in [1.29, 1.82) is 0 Å². The first-order chi connectivity index (χ1) is 12.1. The SMILES string of the molecule is CC(C)CN1CCN(c2cc3nc(-c4ccco4)nn3c(N)n2)CC1. The van der Waals surface area contributed by atoms with E-state index < -0.39 is 0 Å². The Morgan fingerprint density at radius 3 is 2.68 bits per heavy atom. The number of hydrogen-bond donors (Lipinski definition) is 1. The van der Waals surface area contributed by atoms with E-state index in [0.717, 1.165) is 38.5 Å². The molecule has 0 saturated carbocycles. The van der Waals surface area contributed by atoms with Gasteiger partial charge >= 0.3 is 0 Å². The van der Waals surface area contributed by atoms with Crippen LogP contribution in [-0.4, -0.2) is 57.2 Å². The predicted molar refractivity (Wildman–Crippen MR) is 96.4 cm³/mol. The van der Waals surface area contributed by atoms with E-state index in [0.29, 0.717) is 29.1 Å². The highest BCUT2D eigenvalue weighted by atomic mass is 16.3. The molecule has 0 aliphatic carbocycles. The summed E-state index contributed by atoms with van der Waals surface area (Å²) in [5, 5.41) is 4.38. The van der Waals surface area contributed by atoms with Crippen LogP contribution in [-0.2, 0) is 0 Å². The largest absolute Gasteiger partial charge is 0.461 e. The van der Waals surface area contributed by atoms with Gasteiger partial charge in [-0.25, -0.2) is 4.98 Å². The maximum atomic E-state index is 6.11. The molecule has 0 aromatic carbocycles. The molecule has 8 heteroatoms. The molecule has 0 amide bonds. The Bertz CT molecular complexity index is 847. The van der Waals surface area contributed by atoms with Crippen molar-refractivity contribution in [2.24, 2.45) is 5.92 Å². The molecule has 2 N–H and O–H groups in total. The minimum absolute atomic E-state index is 0.336. The predicted octanol–water partition coefficient (Wildman–Crippen LogP) is 1.74.